The van der Waals surface area contributed by atoms with Gasteiger partial charge in [0.2, 0.25) is 5.91 Å². The first-order valence-corrected chi connectivity index (χ1v) is 10.6. The molecule has 1 atom stereocenters. The fourth-order valence-corrected chi connectivity index (χ4v) is 4.00. The molecule has 3 aromatic rings. The average Bonchev–Trinajstić information content (AvgIpc) is 3.41. The number of nitrogens with one attached hydrogen (secondary N) is 2. The summed E-state index contributed by atoms with van der Waals surface area (Å²) in [7, 11) is 6.23. The highest BCUT2D eigenvalue weighted by Gasteiger charge is 2.25. The Kier molecular flexibility index (Phi) is 6.76. The van der Waals surface area contributed by atoms with E-state index in [0.29, 0.717) is 27.8 Å². The number of H-pyrrole nitrogens is 1. The van der Waals surface area contributed by atoms with E-state index in [1.807, 2.05) is 17.5 Å². The number of amides is 2. The number of carbonyl (C=O) groups excluding carboxylic acids is 2. The Balaban J connectivity index is 1.99. The lowest BCUT2D eigenvalue weighted by molar-refractivity contribution is -0.118. The van der Waals surface area contributed by atoms with Crippen LogP contribution in [0, 0.1) is 4.77 Å². The van der Waals surface area contributed by atoms with Crippen LogP contribution in [-0.4, -0.2) is 59.8 Å². The standard InChI is InChI=1S/C20H23N5O4S2/c1-11(25-17(22-23-20(25)30)16-7-6-8-31-16)18(26)21-13-10-15(29-5)14(28-4)9-12(13)19(27)24(2)3/h6-11H,1-5H3,(H,21,26)(H,23,30). The molecule has 2 N–H and O–H groups in total. The van der Waals surface area contributed by atoms with Gasteiger partial charge in [0, 0.05) is 20.2 Å². The minimum atomic E-state index is -0.696. The van der Waals surface area contributed by atoms with Gasteiger partial charge in [-0.2, -0.15) is 5.10 Å². The molecule has 2 amide bonds. The van der Waals surface area contributed by atoms with Gasteiger partial charge >= 0.3 is 0 Å². The van der Waals surface area contributed by atoms with E-state index in [-0.39, 0.29) is 17.4 Å². The molecule has 0 bridgehead atoms. The van der Waals surface area contributed by atoms with Gasteiger partial charge in [0.25, 0.3) is 5.91 Å². The van der Waals surface area contributed by atoms with Gasteiger partial charge < -0.3 is 19.7 Å². The summed E-state index contributed by atoms with van der Waals surface area (Å²) in [5.41, 5.74) is 0.582. The number of carbonyl (C=O) groups is 2. The number of thiophene rings is 1. The third-order valence-electron chi connectivity index (χ3n) is 4.63. The van der Waals surface area contributed by atoms with Crippen molar-refractivity contribution < 1.29 is 19.1 Å². The summed E-state index contributed by atoms with van der Waals surface area (Å²) in [5, 5.41) is 11.8. The average molecular weight is 462 g/mol. The Labute approximate surface area is 188 Å². The van der Waals surface area contributed by atoms with Gasteiger partial charge in [-0.25, -0.2) is 0 Å². The van der Waals surface area contributed by atoms with E-state index in [9.17, 15) is 9.59 Å². The Morgan fingerprint density at radius 2 is 1.94 bits per heavy atom. The molecule has 0 spiro atoms. The normalized spacial score (nSPS) is 11.6. The van der Waals surface area contributed by atoms with Crippen LogP contribution in [0.3, 0.4) is 0 Å². The third-order valence-corrected chi connectivity index (χ3v) is 5.78. The molecular formula is C20H23N5O4S2. The number of benzene rings is 1. The van der Waals surface area contributed by atoms with Crippen LogP contribution in [-0.2, 0) is 4.79 Å². The Morgan fingerprint density at radius 3 is 2.52 bits per heavy atom. The highest BCUT2D eigenvalue weighted by atomic mass is 32.1. The smallest absolute Gasteiger partial charge is 0.255 e. The molecule has 3 rings (SSSR count). The van der Waals surface area contributed by atoms with E-state index in [1.165, 1.54) is 30.5 Å². The van der Waals surface area contributed by atoms with Crippen LogP contribution in [0.2, 0.25) is 0 Å². The summed E-state index contributed by atoms with van der Waals surface area (Å²) in [5.74, 6) is 0.689. The topological polar surface area (TPSA) is 101 Å². The van der Waals surface area contributed by atoms with Crippen LogP contribution in [0.1, 0.15) is 23.3 Å². The second-order valence-corrected chi connectivity index (χ2v) is 8.15. The van der Waals surface area contributed by atoms with E-state index in [0.717, 1.165) is 4.88 Å². The molecule has 2 aromatic heterocycles. The van der Waals surface area contributed by atoms with Gasteiger partial charge in [0.05, 0.1) is 30.3 Å². The predicted octanol–water partition coefficient (Wildman–Crippen LogP) is 3.59. The third kappa shape index (κ3) is 4.47. The van der Waals surface area contributed by atoms with Gasteiger partial charge in [-0.1, -0.05) is 6.07 Å². The van der Waals surface area contributed by atoms with Crippen LogP contribution in [0.5, 0.6) is 11.5 Å². The summed E-state index contributed by atoms with van der Waals surface area (Å²) in [6, 6.07) is 6.21. The second kappa shape index (κ2) is 9.31. The summed E-state index contributed by atoms with van der Waals surface area (Å²) >= 11 is 6.85. The molecule has 1 unspecified atom stereocenters. The summed E-state index contributed by atoms with van der Waals surface area (Å²) < 4.78 is 12.6. The molecule has 9 nitrogen and oxygen atoms in total. The number of nitrogens with zero attached hydrogens (tertiary/aromatic N) is 3. The van der Waals surface area contributed by atoms with Crippen LogP contribution >= 0.6 is 23.6 Å². The summed E-state index contributed by atoms with van der Waals surface area (Å²) in [6.07, 6.45) is 0. The molecular weight excluding hydrogens is 438 g/mol. The monoisotopic (exact) mass is 461 g/mol. The first kappa shape index (κ1) is 22.5. The zero-order valence-electron chi connectivity index (χ0n) is 17.8. The first-order chi connectivity index (χ1) is 14.8. The molecule has 0 saturated carbocycles. The van der Waals surface area contributed by atoms with Crippen molar-refractivity contribution in [3.8, 4) is 22.2 Å². The van der Waals surface area contributed by atoms with E-state index in [2.05, 4.69) is 15.5 Å². The Hall–Kier alpha value is -3.18. The summed E-state index contributed by atoms with van der Waals surface area (Å²) in [4.78, 5) is 28.2. The Morgan fingerprint density at radius 1 is 1.26 bits per heavy atom. The number of hydrogen-bond acceptors (Lipinski definition) is 7. The van der Waals surface area contributed by atoms with E-state index >= 15 is 0 Å². The van der Waals surface area contributed by atoms with Crippen molar-refractivity contribution in [3.05, 3.63) is 40.0 Å². The fraction of sp³-hybridized carbons (Fsp3) is 0.300. The highest BCUT2D eigenvalue weighted by Crippen LogP contribution is 2.34. The zero-order chi connectivity index (χ0) is 22.7. The molecule has 164 valence electrons. The second-order valence-electron chi connectivity index (χ2n) is 6.82. The molecule has 0 radical (unpaired) electrons. The minimum Gasteiger partial charge on any atom is -0.493 e. The molecule has 2 heterocycles. The number of hydrogen-bond donors (Lipinski definition) is 2. The van der Waals surface area contributed by atoms with Crippen molar-refractivity contribution in [1.29, 1.82) is 0 Å². The van der Waals surface area contributed by atoms with E-state index in [1.54, 1.807) is 37.7 Å². The quantitative estimate of drug-likeness (QED) is 0.522. The lowest BCUT2D eigenvalue weighted by Crippen LogP contribution is -2.27. The van der Waals surface area contributed by atoms with Crippen molar-refractivity contribution >= 4 is 41.1 Å². The van der Waals surface area contributed by atoms with Crippen LogP contribution in [0.4, 0.5) is 5.69 Å². The highest BCUT2D eigenvalue weighted by molar-refractivity contribution is 7.71. The van der Waals surface area contributed by atoms with Gasteiger partial charge in [-0.05, 0) is 36.7 Å². The van der Waals surface area contributed by atoms with Gasteiger partial charge in [-0.3, -0.25) is 19.3 Å². The maximum atomic E-state index is 13.2. The zero-order valence-corrected chi connectivity index (χ0v) is 19.4. The first-order valence-electron chi connectivity index (χ1n) is 9.27. The molecule has 0 saturated heterocycles. The van der Waals surface area contributed by atoms with Crippen molar-refractivity contribution in [2.75, 3.05) is 33.6 Å². The number of ether oxygens (including phenoxy) is 2. The molecule has 31 heavy (non-hydrogen) atoms. The number of rotatable bonds is 7. The fourth-order valence-electron chi connectivity index (χ4n) is 3.00. The molecule has 0 aliphatic heterocycles. The minimum absolute atomic E-state index is 0.275. The lowest BCUT2D eigenvalue weighted by Gasteiger charge is -2.20. The van der Waals surface area contributed by atoms with Gasteiger partial charge in [0.15, 0.2) is 22.1 Å². The van der Waals surface area contributed by atoms with Crippen LogP contribution in [0.25, 0.3) is 10.7 Å². The number of anilines is 1. The van der Waals surface area contributed by atoms with Gasteiger partial charge in [0.1, 0.15) is 6.04 Å². The van der Waals surface area contributed by atoms with Crippen molar-refractivity contribution in [2.45, 2.75) is 13.0 Å². The molecule has 0 aliphatic carbocycles. The van der Waals surface area contributed by atoms with Crippen molar-refractivity contribution in [2.24, 2.45) is 0 Å². The SMILES string of the molecule is COc1cc(NC(=O)C(C)n2c(-c3cccs3)n[nH]c2=S)c(C(=O)N(C)C)cc1OC. The lowest BCUT2D eigenvalue weighted by atomic mass is 10.1. The molecule has 0 aliphatic rings. The maximum Gasteiger partial charge on any atom is 0.255 e. The predicted molar refractivity (Wildman–Crippen MR) is 122 cm³/mol. The van der Waals surface area contributed by atoms with Crippen LogP contribution in [0.15, 0.2) is 29.6 Å². The van der Waals surface area contributed by atoms with Crippen LogP contribution < -0.4 is 14.8 Å². The largest absolute Gasteiger partial charge is 0.493 e. The van der Waals surface area contributed by atoms with Gasteiger partial charge in [-0.15, -0.1) is 11.3 Å². The molecule has 1 aromatic carbocycles. The van der Waals surface area contributed by atoms with E-state index in [4.69, 9.17) is 21.7 Å². The maximum absolute atomic E-state index is 13.2. The number of aromatic nitrogens is 3. The molecule has 11 heteroatoms. The van der Waals surface area contributed by atoms with Crippen molar-refractivity contribution in [3.63, 3.8) is 0 Å². The Bertz CT molecular complexity index is 1150. The van der Waals surface area contributed by atoms with Crippen molar-refractivity contribution in [1.82, 2.24) is 19.7 Å². The van der Waals surface area contributed by atoms with E-state index < -0.39 is 6.04 Å². The number of methoxy groups -OCH3 is 2. The summed E-state index contributed by atoms with van der Waals surface area (Å²) in [6.45, 7) is 1.71. The molecule has 0 fully saturated rings. The number of aromatic amines is 1.